The van der Waals surface area contributed by atoms with Crippen LogP contribution in [0.2, 0.25) is 0 Å². The Kier molecular flexibility index (Phi) is 7.22. The standard InChI is InChI=1S/C29H33NO/c1-3-25(22-24-12-6-4-7-13-24)29(26-14-8-5-9-15-26)27-16-18-28(19-17-27)31-23(2)30-20-10-11-21-30/h4-9,12-19,23H,3,10-11,20-22H2,1-2H3. The van der Waals surface area contributed by atoms with E-state index in [9.17, 15) is 0 Å². The molecule has 1 unspecified atom stereocenters. The molecule has 2 heteroatoms. The third kappa shape index (κ3) is 5.45. The van der Waals surface area contributed by atoms with E-state index >= 15 is 0 Å². The quantitative estimate of drug-likeness (QED) is 0.397. The summed E-state index contributed by atoms with van der Waals surface area (Å²) in [4.78, 5) is 2.41. The van der Waals surface area contributed by atoms with E-state index in [4.69, 9.17) is 4.74 Å². The summed E-state index contributed by atoms with van der Waals surface area (Å²) in [7, 11) is 0. The highest BCUT2D eigenvalue weighted by Crippen LogP contribution is 2.32. The molecule has 1 fully saturated rings. The molecule has 0 aromatic heterocycles. The van der Waals surface area contributed by atoms with Gasteiger partial charge >= 0.3 is 0 Å². The van der Waals surface area contributed by atoms with E-state index in [-0.39, 0.29) is 6.23 Å². The van der Waals surface area contributed by atoms with Crippen molar-refractivity contribution in [2.45, 2.75) is 45.8 Å². The van der Waals surface area contributed by atoms with Crippen LogP contribution in [0, 0.1) is 0 Å². The molecular formula is C29H33NO. The van der Waals surface area contributed by atoms with Gasteiger partial charge in [-0.2, -0.15) is 0 Å². The average molecular weight is 412 g/mol. The van der Waals surface area contributed by atoms with Crippen molar-refractivity contribution < 1.29 is 4.74 Å². The van der Waals surface area contributed by atoms with E-state index in [2.05, 4.69) is 104 Å². The maximum Gasteiger partial charge on any atom is 0.149 e. The second-order valence-electron chi connectivity index (χ2n) is 8.35. The second kappa shape index (κ2) is 10.5. The summed E-state index contributed by atoms with van der Waals surface area (Å²) >= 11 is 0. The summed E-state index contributed by atoms with van der Waals surface area (Å²) in [6.07, 6.45) is 4.66. The number of allylic oxidation sites excluding steroid dienone is 1. The first-order valence-electron chi connectivity index (χ1n) is 11.6. The highest BCUT2D eigenvalue weighted by atomic mass is 16.5. The van der Waals surface area contributed by atoms with Crippen molar-refractivity contribution in [2.24, 2.45) is 0 Å². The predicted octanol–water partition coefficient (Wildman–Crippen LogP) is 6.96. The Morgan fingerprint density at radius 2 is 1.39 bits per heavy atom. The van der Waals surface area contributed by atoms with Crippen LogP contribution in [0.15, 0.2) is 90.5 Å². The van der Waals surface area contributed by atoms with Crippen LogP contribution < -0.4 is 4.74 Å². The molecular weight excluding hydrogens is 378 g/mol. The SMILES string of the molecule is CCC(Cc1ccccc1)=C(c1ccccc1)c1ccc(OC(C)N2CCCC2)cc1. The average Bonchev–Trinajstić information content (AvgIpc) is 3.36. The first kappa shape index (κ1) is 21.4. The van der Waals surface area contributed by atoms with Crippen LogP contribution in [0.3, 0.4) is 0 Å². The largest absolute Gasteiger partial charge is 0.475 e. The fourth-order valence-corrected chi connectivity index (χ4v) is 4.49. The van der Waals surface area contributed by atoms with Crippen molar-refractivity contribution in [1.29, 1.82) is 0 Å². The summed E-state index contributed by atoms with van der Waals surface area (Å²) in [6.45, 7) is 6.69. The van der Waals surface area contributed by atoms with Crippen molar-refractivity contribution in [3.63, 3.8) is 0 Å². The van der Waals surface area contributed by atoms with Gasteiger partial charge in [0.25, 0.3) is 0 Å². The molecule has 1 heterocycles. The lowest BCUT2D eigenvalue weighted by Crippen LogP contribution is -2.34. The molecule has 0 N–H and O–H groups in total. The van der Waals surface area contributed by atoms with Gasteiger partial charge in [-0.1, -0.05) is 85.3 Å². The fourth-order valence-electron chi connectivity index (χ4n) is 4.49. The lowest BCUT2D eigenvalue weighted by molar-refractivity contribution is 0.0592. The molecule has 1 atom stereocenters. The van der Waals surface area contributed by atoms with Gasteiger partial charge in [0, 0.05) is 13.1 Å². The summed E-state index contributed by atoms with van der Waals surface area (Å²) in [5, 5.41) is 0. The first-order valence-corrected chi connectivity index (χ1v) is 11.6. The zero-order valence-electron chi connectivity index (χ0n) is 18.8. The lowest BCUT2D eigenvalue weighted by Gasteiger charge is -2.24. The Labute approximate surface area is 187 Å². The molecule has 160 valence electrons. The number of hydrogen-bond donors (Lipinski definition) is 0. The summed E-state index contributed by atoms with van der Waals surface area (Å²) in [6, 6.07) is 30.2. The molecule has 0 amide bonds. The van der Waals surface area contributed by atoms with Crippen LogP contribution in [-0.4, -0.2) is 24.2 Å². The zero-order chi connectivity index (χ0) is 21.5. The van der Waals surface area contributed by atoms with Gasteiger partial charge in [0.2, 0.25) is 0 Å². The minimum absolute atomic E-state index is 0.127. The van der Waals surface area contributed by atoms with Gasteiger partial charge in [0.15, 0.2) is 0 Å². The highest BCUT2D eigenvalue weighted by Gasteiger charge is 2.19. The van der Waals surface area contributed by atoms with Gasteiger partial charge in [-0.05, 0) is 67.0 Å². The van der Waals surface area contributed by atoms with Crippen molar-refractivity contribution >= 4 is 5.57 Å². The van der Waals surface area contributed by atoms with E-state index in [1.807, 2.05) is 0 Å². The smallest absolute Gasteiger partial charge is 0.149 e. The van der Waals surface area contributed by atoms with Crippen LogP contribution in [0.25, 0.3) is 5.57 Å². The Balaban J connectivity index is 1.63. The summed E-state index contributed by atoms with van der Waals surface area (Å²) < 4.78 is 6.23. The third-order valence-electron chi connectivity index (χ3n) is 6.21. The molecule has 3 aromatic carbocycles. The Morgan fingerprint density at radius 3 is 2.00 bits per heavy atom. The number of nitrogens with zero attached hydrogens (tertiary/aromatic N) is 1. The molecule has 0 saturated carbocycles. The number of hydrogen-bond acceptors (Lipinski definition) is 2. The van der Waals surface area contributed by atoms with E-state index in [1.165, 1.54) is 40.7 Å². The number of rotatable bonds is 8. The lowest BCUT2D eigenvalue weighted by atomic mass is 9.88. The molecule has 1 aliphatic rings. The predicted molar refractivity (Wildman–Crippen MR) is 130 cm³/mol. The topological polar surface area (TPSA) is 12.5 Å². The molecule has 0 aliphatic carbocycles. The summed E-state index contributed by atoms with van der Waals surface area (Å²) in [5.41, 5.74) is 6.67. The van der Waals surface area contributed by atoms with Crippen LogP contribution in [0.1, 0.15) is 49.8 Å². The fraction of sp³-hybridized carbons (Fsp3) is 0.310. The molecule has 1 aliphatic heterocycles. The highest BCUT2D eigenvalue weighted by molar-refractivity contribution is 5.82. The Morgan fingerprint density at radius 1 is 0.806 bits per heavy atom. The number of likely N-dealkylation sites (tertiary alicyclic amines) is 1. The van der Waals surface area contributed by atoms with Crippen LogP contribution >= 0.6 is 0 Å². The van der Waals surface area contributed by atoms with Gasteiger partial charge in [-0.25, -0.2) is 0 Å². The number of ether oxygens (including phenoxy) is 1. The zero-order valence-corrected chi connectivity index (χ0v) is 18.8. The van der Waals surface area contributed by atoms with E-state index in [1.54, 1.807) is 0 Å². The van der Waals surface area contributed by atoms with Crippen LogP contribution in [0.4, 0.5) is 0 Å². The Bertz CT molecular complexity index is 970. The van der Waals surface area contributed by atoms with Crippen molar-refractivity contribution in [3.05, 3.63) is 107 Å². The van der Waals surface area contributed by atoms with Gasteiger partial charge in [0.1, 0.15) is 12.0 Å². The molecule has 0 spiro atoms. The molecule has 4 rings (SSSR count). The van der Waals surface area contributed by atoms with Crippen molar-refractivity contribution in [3.8, 4) is 5.75 Å². The van der Waals surface area contributed by atoms with Crippen LogP contribution in [-0.2, 0) is 6.42 Å². The molecule has 0 radical (unpaired) electrons. The van der Waals surface area contributed by atoms with E-state index < -0.39 is 0 Å². The first-order chi connectivity index (χ1) is 15.2. The van der Waals surface area contributed by atoms with E-state index in [0.717, 1.165) is 31.7 Å². The van der Waals surface area contributed by atoms with Gasteiger partial charge < -0.3 is 4.74 Å². The van der Waals surface area contributed by atoms with Gasteiger partial charge in [-0.15, -0.1) is 0 Å². The molecule has 1 saturated heterocycles. The van der Waals surface area contributed by atoms with Gasteiger partial charge in [-0.3, -0.25) is 4.90 Å². The van der Waals surface area contributed by atoms with Crippen LogP contribution in [0.5, 0.6) is 5.75 Å². The maximum atomic E-state index is 6.23. The monoisotopic (exact) mass is 411 g/mol. The third-order valence-corrected chi connectivity index (χ3v) is 6.21. The molecule has 31 heavy (non-hydrogen) atoms. The normalized spacial score (nSPS) is 16.1. The molecule has 2 nitrogen and oxygen atoms in total. The van der Waals surface area contributed by atoms with Gasteiger partial charge in [0.05, 0.1) is 0 Å². The van der Waals surface area contributed by atoms with Crippen molar-refractivity contribution in [2.75, 3.05) is 13.1 Å². The molecule has 3 aromatic rings. The Hall–Kier alpha value is -2.84. The minimum Gasteiger partial charge on any atom is -0.475 e. The maximum absolute atomic E-state index is 6.23. The number of benzene rings is 3. The second-order valence-corrected chi connectivity index (χ2v) is 8.35. The molecule has 0 bridgehead atoms. The summed E-state index contributed by atoms with van der Waals surface area (Å²) in [5.74, 6) is 0.941. The van der Waals surface area contributed by atoms with Crippen molar-refractivity contribution in [1.82, 2.24) is 4.90 Å². The minimum atomic E-state index is 0.127. The van der Waals surface area contributed by atoms with E-state index in [0.29, 0.717) is 0 Å².